The van der Waals surface area contributed by atoms with Crippen molar-refractivity contribution in [3.05, 3.63) is 47.8 Å². The Morgan fingerprint density at radius 3 is 2.70 bits per heavy atom. The van der Waals surface area contributed by atoms with Crippen LogP contribution >= 0.6 is 0 Å². The van der Waals surface area contributed by atoms with E-state index in [2.05, 4.69) is 43.1 Å². The van der Waals surface area contributed by atoms with Gasteiger partial charge in [0.15, 0.2) is 0 Å². The van der Waals surface area contributed by atoms with Gasteiger partial charge in [-0.15, -0.1) is 0 Å². The zero-order valence-corrected chi connectivity index (χ0v) is 20.2. The van der Waals surface area contributed by atoms with Gasteiger partial charge in [-0.3, -0.25) is 9.78 Å². The van der Waals surface area contributed by atoms with Crippen LogP contribution in [0.25, 0.3) is 5.57 Å². The Labute approximate surface area is 197 Å². The smallest absolute Gasteiger partial charge is 0.325 e. The molecule has 0 aliphatic heterocycles. The summed E-state index contributed by atoms with van der Waals surface area (Å²) in [5, 5.41) is 9.62. The first-order valence-corrected chi connectivity index (χ1v) is 12.7. The third-order valence-corrected chi connectivity index (χ3v) is 9.69. The monoisotopic (exact) mass is 450 g/mol. The van der Waals surface area contributed by atoms with Crippen LogP contribution in [0.5, 0.6) is 0 Å². The number of ether oxygens (including phenoxy) is 1. The van der Waals surface area contributed by atoms with Gasteiger partial charge in [0, 0.05) is 18.8 Å². The maximum atomic E-state index is 12.3. The predicted octanol–water partition coefficient (Wildman–Crippen LogP) is 4.66. The number of carbonyl (C=O) groups is 1. The van der Waals surface area contributed by atoms with Crippen molar-refractivity contribution in [3.63, 3.8) is 0 Å². The Balaban J connectivity index is 1.33. The minimum Gasteiger partial charge on any atom is -0.461 e. The number of pyridine rings is 1. The molecule has 0 amide bonds. The van der Waals surface area contributed by atoms with Crippen molar-refractivity contribution in [1.29, 1.82) is 0 Å². The van der Waals surface area contributed by atoms with E-state index >= 15 is 0 Å². The van der Waals surface area contributed by atoms with E-state index in [4.69, 9.17) is 10.5 Å². The number of carbonyl (C=O) groups excluding carboxylic acids is 1. The molecular weight excluding hydrogens is 412 g/mol. The van der Waals surface area contributed by atoms with Crippen LogP contribution in [0.2, 0.25) is 0 Å². The van der Waals surface area contributed by atoms with Crippen molar-refractivity contribution in [2.24, 2.45) is 34.3 Å². The quantitative estimate of drug-likeness (QED) is 0.515. The minimum atomic E-state index is -0.970. The Bertz CT molecular complexity index is 971. The molecule has 2 saturated carbocycles. The Morgan fingerprint density at radius 2 is 1.97 bits per heavy atom. The van der Waals surface area contributed by atoms with Crippen LogP contribution in [0.3, 0.4) is 0 Å². The third kappa shape index (κ3) is 3.68. The average Bonchev–Trinajstić information content (AvgIpc) is 3.16. The molecule has 6 unspecified atom stereocenters. The van der Waals surface area contributed by atoms with Crippen molar-refractivity contribution < 1.29 is 14.6 Å². The second-order valence-corrected chi connectivity index (χ2v) is 11.4. The van der Waals surface area contributed by atoms with Crippen molar-refractivity contribution >= 4 is 11.5 Å². The number of fused-ring (bicyclic) bond motifs is 5. The second kappa shape index (κ2) is 8.35. The molecule has 0 saturated heterocycles. The minimum absolute atomic E-state index is 0.127. The van der Waals surface area contributed by atoms with Gasteiger partial charge in [-0.05, 0) is 91.2 Å². The number of allylic oxidation sites excluding steroid dienone is 3. The number of aliphatic hydroxyl groups excluding tert-OH is 1. The maximum Gasteiger partial charge on any atom is 0.325 e. The fraction of sp³-hybridized carbons (Fsp3) is 0.643. The Hall–Kier alpha value is -1.98. The first-order chi connectivity index (χ1) is 15.7. The predicted molar refractivity (Wildman–Crippen MR) is 129 cm³/mol. The molecule has 4 aliphatic rings. The summed E-state index contributed by atoms with van der Waals surface area (Å²) in [7, 11) is 0. The molecule has 5 heteroatoms. The summed E-state index contributed by atoms with van der Waals surface area (Å²) in [4.78, 5) is 16.7. The van der Waals surface area contributed by atoms with Crippen molar-refractivity contribution in [3.8, 4) is 0 Å². The first kappa shape index (κ1) is 22.8. The van der Waals surface area contributed by atoms with Gasteiger partial charge in [0.05, 0.1) is 6.10 Å². The van der Waals surface area contributed by atoms with Crippen LogP contribution in [-0.4, -0.2) is 34.3 Å². The van der Waals surface area contributed by atoms with Gasteiger partial charge >= 0.3 is 5.97 Å². The third-order valence-electron chi connectivity index (χ3n) is 9.69. The highest BCUT2D eigenvalue weighted by molar-refractivity contribution is 5.76. The summed E-state index contributed by atoms with van der Waals surface area (Å²) in [6.45, 7) is 6.48. The van der Waals surface area contributed by atoms with Crippen LogP contribution in [0.1, 0.15) is 71.3 Å². The molecule has 0 bridgehead atoms. The molecule has 0 radical (unpaired) electrons. The summed E-state index contributed by atoms with van der Waals surface area (Å²) < 4.78 is 5.71. The van der Waals surface area contributed by atoms with Gasteiger partial charge in [0.25, 0.3) is 0 Å². The highest BCUT2D eigenvalue weighted by atomic mass is 16.5. The van der Waals surface area contributed by atoms with Gasteiger partial charge < -0.3 is 15.6 Å². The molecule has 33 heavy (non-hydrogen) atoms. The highest BCUT2D eigenvalue weighted by Crippen LogP contribution is 2.66. The molecule has 1 heterocycles. The molecule has 1 aromatic rings. The average molecular weight is 451 g/mol. The van der Waals surface area contributed by atoms with Crippen molar-refractivity contribution in [2.45, 2.75) is 84.0 Å². The molecular formula is C28H38N2O3. The zero-order chi connectivity index (χ0) is 23.4. The van der Waals surface area contributed by atoms with E-state index in [0.29, 0.717) is 17.8 Å². The molecule has 4 aliphatic carbocycles. The van der Waals surface area contributed by atoms with E-state index in [9.17, 15) is 9.90 Å². The number of aromatic nitrogens is 1. The summed E-state index contributed by atoms with van der Waals surface area (Å²) in [6, 6.07) is 3.29. The highest BCUT2D eigenvalue weighted by Gasteiger charge is 2.57. The number of nitrogens with zero attached hydrogens (tertiary/aromatic N) is 1. The number of hydrogen-bond acceptors (Lipinski definition) is 5. The van der Waals surface area contributed by atoms with E-state index in [-0.39, 0.29) is 16.9 Å². The number of hydrogen-bond donors (Lipinski definition) is 2. The topological polar surface area (TPSA) is 85.4 Å². The van der Waals surface area contributed by atoms with E-state index in [1.165, 1.54) is 42.9 Å². The second-order valence-electron chi connectivity index (χ2n) is 11.4. The normalized spacial score (nSPS) is 39.3. The van der Waals surface area contributed by atoms with Gasteiger partial charge in [-0.25, -0.2) is 0 Å². The summed E-state index contributed by atoms with van der Waals surface area (Å²) in [6.07, 6.45) is 15.3. The summed E-state index contributed by atoms with van der Waals surface area (Å²) >= 11 is 0. The maximum absolute atomic E-state index is 12.3. The molecule has 0 spiro atoms. The molecule has 8 atom stereocenters. The van der Waals surface area contributed by atoms with Crippen LogP contribution in [0, 0.1) is 28.6 Å². The van der Waals surface area contributed by atoms with Gasteiger partial charge in [0.1, 0.15) is 12.1 Å². The Kier molecular flexibility index (Phi) is 5.77. The fourth-order valence-electron chi connectivity index (χ4n) is 7.70. The number of esters is 1. The number of rotatable bonds is 4. The standard InChI is InChI=1S/C28H38N2O3/c1-17(31)25(29)26(32)33-20-10-12-27(2)19(15-20)6-7-21-23-9-8-22(18-5-4-14-30-16-18)28(23,3)13-11-24(21)27/h4-6,8,14,16-17,20-21,23-25,31H,7,9-13,15,29H2,1-3H3/t17-,20?,21?,23?,24?,25-,27?,28?/m0/s1. The Morgan fingerprint density at radius 1 is 1.18 bits per heavy atom. The van der Waals surface area contributed by atoms with Crippen LogP contribution < -0.4 is 5.73 Å². The van der Waals surface area contributed by atoms with E-state index in [1.807, 2.05) is 12.4 Å². The molecule has 5 rings (SSSR count). The summed E-state index contributed by atoms with van der Waals surface area (Å²) in [5.74, 6) is 1.58. The molecule has 5 nitrogen and oxygen atoms in total. The summed E-state index contributed by atoms with van der Waals surface area (Å²) in [5.41, 5.74) is 10.5. The van der Waals surface area contributed by atoms with E-state index in [1.54, 1.807) is 0 Å². The number of nitrogens with two attached hydrogens (primary N) is 1. The van der Waals surface area contributed by atoms with Crippen LogP contribution in [0.4, 0.5) is 0 Å². The first-order valence-electron chi connectivity index (χ1n) is 12.7. The lowest BCUT2D eigenvalue weighted by molar-refractivity contribution is -0.155. The number of aliphatic hydroxyl groups is 1. The molecule has 1 aromatic heterocycles. The largest absolute Gasteiger partial charge is 0.461 e. The molecule has 3 N–H and O–H groups in total. The lowest BCUT2D eigenvalue weighted by Gasteiger charge is -2.57. The van der Waals surface area contributed by atoms with Gasteiger partial charge in [-0.1, -0.05) is 37.6 Å². The zero-order valence-electron chi connectivity index (χ0n) is 20.2. The van der Waals surface area contributed by atoms with Crippen molar-refractivity contribution in [2.75, 3.05) is 0 Å². The molecule has 2 fully saturated rings. The van der Waals surface area contributed by atoms with Crippen molar-refractivity contribution in [1.82, 2.24) is 4.98 Å². The fourth-order valence-corrected chi connectivity index (χ4v) is 7.70. The lowest BCUT2D eigenvalue weighted by atomic mass is 9.47. The van der Waals surface area contributed by atoms with Gasteiger partial charge in [0.2, 0.25) is 0 Å². The van der Waals surface area contributed by atoms with Crippen LogP contribution in [-0.2, 0) is 9.53 Å². The van der Waals surface area contributed by atoms with Crippen LogP contribution in [0.15, 0.2) is 42.3 Å². The SMILES string of the molecule is C[C@H](O)[C@H](N)C(=O)OC1CCC2(C)C(=CCC3C2CCC2(C)C(c4cccnc4)=CCC32)C1. The van der Waals surface area contributed by atoms with E-state index in [0.717, 1.165) is 25.7 Å². The molecule has 178 valence electrons. The van der Waals surface area contributed by atoms with Gasteiger partial charge in [-0.2, -0.15) is 0 Å². The lowest BCUT2D eigenvalue weighted by Crippen LogP contribution is -2.50. The van der Waals surface area contributed by atoms with E-state index < -0.39 is 18.1 Å². The molecule has 0 aromatic carbocycles.